The lowest BCUT2D eigenvalue weighted by Gasteiger charge is -2.10. The summed E-state index contributed by atoms with van der Waals surface area (Å²) < 4.78 is 1.21. The minimum Gasteiger partial charge on any atom is -0.382 e. The summed E-state index contributed by atoms with van der Waals surface area (Å²) in [5, 5.41) is 13.2. The fourth-order valence-electron chi connectivity index (χ4n) is 2.66. The van der Waals surface area contributed by atoms with Gasteiger partial charge in [-0.1, -0.05) is 47.7 Å². The predicted octanol–water partition coefficient (Wildman–Crippen LogP) is 2.05. The van der Waals surface area contributed by atoms with E-state index >= 15 is 0 Å². The van der Waals surface area contributed by atoms with Crippen LogP contribution in [0.1, 0.15) is 27.2 Å². The van der Waals surface area contributed by atoms with Gasteiger partial charge in [0.15, 0.2) is 11.5 Å². The molecule has 2 aromatic carbocycles. The first-order valence-electron chi connectivity index (χ1n) is 8.82. The van der Waals surface area contributed by atoms with E-state index in [1.54, 1.807) is 0 Å². The van der Waals surface area contributed by atoms with Crippen LogP contribution in [0.15, 0.2) is 48.5 Å². The molecule has 3 rings (SSSR count). The van der Waals surface area contributed by atoms with E-state index < -0.39 is 5.91 Å². The zero-order chi connectivity index (χ0) is 20.1. The molecule has 0 spiro atoms. The van der Waals surface area contributed by atoms with E-state index in [0.29, 0.717) is 6.54 Å². The molecule has 1 aromatic heterocycles. The quantitative estimate of drug-likeness (QED) is 0.607. The standard InChI is InChI=1S/C20H22N6O2/c1-13-8-9-14(2)16(10-13)23-17(27)12-26-19(21)18(24-25-26)20(28)22-11-15-6-4-3-5-7-15/h3-10H,11-12,21H2,1-2H3,(H,22,28)(H,23,27). The summed E-state index contributed by atoms with van der Waals surface area (Å²) in [6.45, 7) is 4.07. The van der Waals surface area contributed by atoms with Crippen LogP contribution in [0.4, 0.5) is 11.5 Å². The number of benzene rings is 2. The number of hydrogen-bond acceptors (Lipinski definition) is 5. The maximum atomic E-state index is 12.3. The number of nitrogens with one attached hydrogen (secondary N) is 2. The number of hydrogen-bond donors (Lipinski definition) is 3. The van der Waals surface area contributed by atoms with E-state index in [0.717, 1.165) is 22.4 Å². The third-order valence-electron chi connectivity index (χ3n) is 4.24. The number of aryl methyl sites for hydroxylation is 2. The first kappa shape index (κ1) is 19.1. The molecule has 0 aliphatic heterocycles. The highest BCUT2D eigenvalue weighted by molar-refractivity contribution is 5.97. The monoisotopic (exact) mass is 378 g/mol. The van der Waals surface area contributed by atoms with Crippen LogP contribution >= 0.6 is 0 Å². The Balaban J connectivity index is 1.63. The van der Waals surface area contributed by atoms with E-state index in [4.69, 9.17) is 5.73 Å². The van der Waals surface area contributed by atoms with Crippen molar-refractivity contribution in [3.8, 4) is 0 Å². The maximum Gasteiger partial charge on any atom is 0.275 e. The Morgan fingerprint density at radius 3 is 2.61 bits per heavy atom. The molecule has 8 heteroatoms. The van der Waals surface area contributed by atoms with Crippen LogP contribution in [0, 0.1) is 13.8 Å². The lowest BCUT2D eigenvalue weighted by molar-refractivity contribution is -0.116. The molecule has 0 unspecified atom stereocenters. The Bertz CT molecular complexity index is 997. The molecule has 0 saturated heterocycles. The molecule has 0 aliphatic carbocycles. The summed E-state index contributed by atoms with van der Waals surface area (Å²) in [6, 6.07) is 15.3. The van der Waals surface area contributed by atoms with Crippen LogP contribution in [-0.4, -0.2) is 26.8 Å². The summed E-state index contributed by atoms with van der Waals surface area (Å²) in [4.78, 5) is 24.6. The van der Waals surface area contributed by atoms with Crippen LogP contribution in [-0.2, 0) is 17.9 Å². The van der Waals surface area contributed by atoms with Gasteiger partial charge in [-0.2, -0.15) is 0 Å². The van der Waals surface area contributed by atoms with Gasteiger partial charge in [-0.05, 0) is 36.6 Å². The molecule has 0 bridgehead atoms. The van der Waals surface area contributed by atoms with Crippen LogP contribution in [0.2, 0.25) is 0 Å². The second kappa shape index (κ2) is 8.34. The van der Waals surface area contributed by atoms with Crippen molar-refractivity contribution < 1.29 is 9.59 Å². The number of carbonyl (C=O) groups excluding carboxylic acids is 2. The molecule has 0 fully saturated rings. The van der Waals surface area contributed by atoms with Gasteiger partial charge in [0.05, 0.1) is 0 Å². The number of rotatable bonds is 6. The minimum absolute atomic E-state index is 0.00420. The summed E-state index contributed by atoms with van der Waals surface area (Å²) >= 11 is 0. The molecule has 0 saturated carbocycles. The first-order valence-corrected chi connectivity index (χ1v) is 8.82. The van der Waals surface area contributed by atoms with Gasteiger partial charge in [-0.3, -0.25) is 9.59 Å². The largest absolute Gasteiger partial charge is 0.382 e. The Hall–Kier alpha value is -3.68. The Labute approximate surface area is 162 Å². The van der Waals surface area contributed by atoms with Crippen LogP contribution < -0.4 is 16.4 Å². The lowest BCUT2D eigenvalue weighted by Crippen LogP contribution is -2.25. The average molecular weight is 378 g/mol. The van der Waals surface area contributed by atoms with E-state index in [2.05, 4.69) is 20.9 Å². The summed E-state index contributed by atoms with van der Waals surface area (Å²) in [5.74, 6) is -0.703. The van der Waals surface area contributed by atoms with E-state index in [9.17, 15) is 9.59 Å². The lowest BCUT2D eigenvalue weighted by atomic mass is 10.1. The second-order valence-electron chi connectivity index (χ2n) is 6.52. The molecule has 144 valence electrons. The fraction of sp³-hybridized carbons (Fsp3) is 0.200. The summed E-state index contributed by atoms with van der Waals surface area (Å²) in [5.41, 5.74) is 9.63. The SMILES string of the molecule is Cc1ccc(C)c(NC(=O)Cn2nnc(C(=O)NCc3ccccc3)c2N)c1. The van der Waals surface area contributed by atoms with Crippen molar-refractivity contribution in [2.45, 2.75) is 26.9 Å². The molecule has 1 heterocycles. The normalized spacial score (nSPS) is 10.5. The smallest absolute Gasteiger partial charge is 0.275 e. The van der Waals surface area contributed by atoms with Gasteiger partial charge in [-0.25, -0.2) is 4.68 Å². The van der Waals surface area contributed by atoms with Gasteiger partial charge in [0, 0.05) is 12.2 Å². The van der Waals surface area contributed by atoms with Gasteiger partial charge in [0.1, 0.15) is 6.54 Å². The number of anilines is 2. The van der Waals surface area contributed by atoms with Crippen molar-refractivity contribution in [3.63, 3.8) is 0 Å². The molecule has 2 amide bonds. The highest BCUT2D eigenvalue weighted by Crippen LogP contribution is 2.16. The molecular formula is C20H22N6O2. The number of nitrogen functional groups attached to an aromatic ring is 1. The van der Waals surface area contributed by atoms with Gasteiger partial charge < -0.3 is 16.4 Å². The Morgan fingerprint density at radius 2 is 1.86 bits per heavy atom. The topological polar surface area (TPSA) is 115 Å². The number of amides is 2. The maximum absolute atomic E-state index is 12.3. The summed E-state index contributed by atoms with van der Waals surface area (Å²) in [6.07, 6.45) is 0. The fourth-order valence-corrected chi connectivity index (χ4v) is 2.66. The van der Waals surface area contributed by atoms with Crippen molar-refractivity contribution in [3.05, 3.63) is 70.9 Å². The minimum atomic E-state index is -0.442. The van der Waals surface area contributed by atoms with Crippen molar-refractivity contribution in [2.75, 3.05) is 11.1 Å². The molecule has 4 N–H and O–H groups in total. The van der Waals surface area contributed by atoms with E-state index in [1.165, 1.54) is 4.68 Å². The first-order chi connectivity index (χ1) is 13.4. The number of aromatic nitrogens is 3. The summed E-state index contributed by atoms with van der Waals surface area (Å²) in [7, 11) is 0. The van der Waals surface area contributed by atoms with Gasteiger partial charge in [0.2, 0.25) is 5.91 Å². The van der Waals surface area contributed by atoms with Crippen LogP contribution in [0.5, 0.6) is 0 Å². The molecule has 8 nitrogen and oxygen atoms in total. The molecule has 0 atom stereocenters. The molecule has 0 radical (unpaired) electrons. The van der Waals surface area contributed by atoms with E-state index in [-0.39, 0.29) is 24.0 Å². The number of nitrogens with zero attached hydrogens (tertiary/aromatic N) is 3. The van der Waals surface area contributed by atoms with Gasteiger partial charge >= 0.3 is 0 Å². The predicted molar refractivity (Wildman–Crippen MR) is 107 cm³/mol. The van der Waals surface area contributed by atoms with Gasteiger partial charge in [0.25, 0.3) is 5.91 Å². The van der Waals surface area contributed by atoms with Crippen LogP contribution in [0.25, 0.3) is 0 Å². The van der Waals surface area contributed by atoms with Gasteiger partial charge in [-0.15, -0.1) is 5.10 Å². The molecule has 0 aliphatic rings. The zero-order valence-electron chi connectivity index (χ0n) is 15.8. The highest BCUT2D eigenvalue weighted by atomic mass is 16.2. The highest BCUT2D eigenvalue weighted by Gasteiger charge is 2.19. The molecular weight excluding hydrogens is 356 g/mol. The molecule has 3 aromatic rings. The van der Waals surface area contributed by atoms with Crippen molar-refractivity contribution in [1.82, 2.24) is 20.3 Å². The Morgan fingerprint density at radius 1 is 1.11 bits per heavy atom. The second-order valence-corrected chi connectivity index (χ2v) is 6.52. The third kappa shape index (κ3) is 4.53. The number of nitrogens with two attached hydrogens (primary N) is 1. The van der Waals surface area contributed by atoms with Crippen molar-refractivity contribution in [2.24, 2.45) is 0 Å². The van der Waals surface area contributed by atoms with E-state index in [1.807, 2.05) is 62.4 Å². The van der Waals surface area contributed by atoms with Crippen molar-refractivity contribution in [1.29, 1.82) is 0 Å². The Kier molecular flexibility index (Phi) is 5.69. The average Bonchev–Trinajstić information content (AvgIpc) is 3.04. The zero-order valence-corrected chi connectivity index (χ0v) is 15.8. The number of carbonyl (C=O) groups is 2. The van der Waals surface area contributed by atoms with Crippen LogP contribution in [0.3, 0.4) is 0 Å². The molecule has 28 heavy (non-hydrogen) atoms. The third-order valence-corrected chi connectivity index (χ3v) is 4.24. The van der Waals surface area contributed by atoms with Crippen molar-refractivity contribution >= 4 is 23.3 Å².